The van der Waals surface area contributed by atoms with Crippen LogP contribution in [0.25, 0.3) is 0 Å². The Balaban J connectivity index is 3.09. The van der Waals surface area contributed by atoms with Crippen molar-refractivity contribution in [3.8, 4) is 0 Å². The molecule has 7 heteroatoms. The first-order valence-corrected chi connectivity index (χ1v) is 6.96. The van der Waals surface area contributed by atoms with Crippen LogP contribution >= 0.6 is 15.9 Å². The first-order valence-electron chi connectivity index (χ1n) is 6.16. The summed E-state index contributed by atoms with van der Waals surface area (Å²) in [6.45, 7) is 5.02. The molecule has 1 aromatic carbocycles. The van der Waals surface area contributed by atoms with Crippen molar-refractivity contribution in [3.63, 3.8) is 0 Å². The fourth-order valence-corrected chi connectivity index (χ4v) is 1.90. The van der Waals surface area contributed by atoms with Crippen LogP contribution in [0.2, 0.25) is 0 Å². The van der Waals surface area contributed by atoms with Crippen LogP contribution in [0.5, 0.6) is 0 Å². The maximum atomic E-state index is 13.6. The molecule has 0 saturated carbocycles. The Labute approximate surface area is 130 Å². The Kier molecular flexibility index (Phi) is 5.33. The molecule has 1 rings (SSSR count). The number of carboxylic acids is 1. The second-order valence-corrected chi connectivity index (χ2v) is 6.36. The number of carbonyl (C=O) groups is 2. The number of benzene rings is 1. The molecular formula is C14H17BrFNO4. The van der Waals surface area contributed by atoms with E-state index in [1.165, 1.54) is 19.2 Å². The van der Waals surface area contributed by atoms with Gasteiger partial charge in [-0.25, -0.2) is 14.0 Å². The van der Waals surface area contributed by atoms with E-state index in [9.17, 15) is 19.1 Å². The fraction of sp³-hybridized carbons (Fsp3) is 0.429. The van der Waals surface area contributed by atoms with E-state index in [0.29, 0.717) is 0 Å². The number of likely N-dealkylation sites (N-methyl/N-ethyl adjacent to an activating group) is 1. The third-order valence-electron chi connectivity index (χ3n) is 2.56. The number of hydrogen-bond donors (Lipinski definition) is 1. The first-order chi connectivity index (χ1) is 9.53. The smallest absolute Gasteiger partial charge is 0.411 e. The number of nitrogens with zero attached hydrogens (tertiary/aromatic N) is 1. The van der Waals surface area contributed by atoms with Crippen molar-refractivity contribution < 1.29 is 23.8 Å². The van der Waals surface area contributed by atoms with E-state index < -0.39 is 29.5 Å². The lowest BCUT2D eigenvalue weighted by atomic mass is 10.1. The van der Waals surface area contributed by atoms with Crippen molar-refractivity contribution in [2.24, 2.45) is 0 Å². The van der Waals surface area contributed by atoms with Crippen molar-refractivity contribution in [1.29, 1.82) is 0 Å². The van der Waals surface area contributed by atoms with Crippen molar-refractivity contribution in [2.75, 3.05) is 7.05 Å². The third kappa shape index (κ3) is 4.70. The molecule has 0 aromatic heterocycles. The van der Waals surface area contributed by atoms with Crippen LogP contribution in [-0.4, -0.2) is 34.7 Å². The van der Waals surface area contributed by atoms with Crippen molar-refractivity contribution in [1.82, 2.24) is 4.90 Å². The monoisotopic (exact) mass is 361 g/mol. The van der Waals surface area contributed by atoms with E-state index in [2.05, 4.69) is 15.9 Å². The summed E-state index contributed by atoms with van der Waals surface area (Å²) in [5, 5.41) is 9.32. The van der Waals surface area contributed by atoms with Gasteiger partial charge in [-0.1, -0.05) is 6.07 Å². The van der Waals surface area contributed by atoms with Crippen LogP contribution in [0.1, 0.15) is 32.4 Å². The van der Waals surface area contributed by atoms with Gasteiger partial charge in [0, 0.05) is 7.05 Å². The van der Waals surface area contributed by atoms with Gasteiger partial charge in [0.15, 0.2) is 6.04 Å². The number of rotatable bonds is 3. The summed E-state index contributed by atoms with van der Waals surface area (Å²) in [6.07, 6.45) is -0.793. The van der Waals surface area contributed by atoms with Crippen LogP contribution in [-0.2, 0) is 9.53 Å². The standard InChI is InChI=1S/C14H17BrFNO4/c1-14(2,3)21-13(20)17(4)11(12(18)19)8-5-6-9(15)10(16)7-8/h5-7,11H,1-4H3,(H,18,19). The van der Waals surface area contributed by atoms with Gasteiger partial charge in [0.25, 0.3) is 0 Å². The van der Waals surface area contributed by atoms with Gasteiger partial charge in [0.05, 0.1) is 4.47 Å². The second-order valence-electron chi connectivity index (χ2n) is 5.51. The highest BCUT2D eigenvalue weighted by Gasteiger charge is 2.31. The largest absolute Gasteiger partial charge is 0.479 e. The molecule has 0 fully saturated rings. The average Bonchev–Trinajstić information content (AvgIpc) is 2.31. The highest BCUT2D eigenvalue weighted by atomic mass is 79.9. The minimum absolute atomic E-state index is 0.150. The molecule has 1 amide bonds. The number of halogens is 2. The van der Waals surface area contributed by atoms with Gasteiger partial charge in [0.2, 0.25) is 0 Å². The Morgan fingerprint density at radius 3 is 2.38 bits per heavy atom. The van der Waals surface area contributed by atoms with E-state index in [1.807, 2.05) is 0 Å². The van der Waals surface area contributed by atoms with Crippen LogP contribution in [0, 0.1) is 5.82 Å². The molecule has 0 aliphatic carbocycles. The van der Waals surface area contributed by atoms with Crippen LogP contribution in [0.3, 0.4) is 0 Å². The lowest BCUT2D eigenvalue weighted by molar-refractivity contribution is -0.142. The summed E-state index contributed by atoms with van der Waals surface area (Å²) in [6, 6.07) is 2.57. The van der Waals surface area contributed by atoms with Crippen molar-refractivity contribution >= 4 is 28.0 Å². The van der Waals surface area contributed by atoms with Crippen LogP contribution in [0.4, 0.5) is 9.18 Å². The molecule has 0 aliphatic rings. The van der Waals surface area contributed by atoms with Gasteiger partial charge in [-0.2, -0.15) is 0 Å². The average molecular weight is 362 g/mol. The molecule has 0 heterocycles. The van der Waals surface area contributed by atoms with Gasteiger partial charge in [-0.05, 0) is 54.4 Å². The lowest BCUT2D eigenvalue weighted by Crippen LogP contribution is -2.39. The van der Waals surface area contributed by atoms with Crippen LogP contribution < -0.4 is 0 Å². The lowest BCUT2D eigenvalue weighted by Gasteiger charge is -2.28. The number of carboxylic acid groups (broad SMARTS) is 1. The molecule has 1 N–H and O–H groups in total. The van der Waals surface area contributed by atoms with Crippen molar-refractivity contribution in [3.05, 3.63) is 34.1 Å². The van der Waals surface area contributed by atoms with E-state index in [-0.39, 0.29) is 10.0 Å². The van der Waals surface area contributed by atoms with E-state index in [4.69, 9.17) is 4.74 Å². The minimum Gasteiger partial charge on any atom is -0.479 e. The number of carbonyl (C=O) groups excluding carboxylic acids is 1. The third-order valence-corrected chi connectivity index (χ3v) is 3.21. The van der Waals surface area contributed by atoms with Crippen molar-refractivity contribution in [2.45, 2.75) is 32.4 Å². The van der Waals surface area contributed by atoms with Crippen LogP contribution in [0.15, 0.2) is 22.7 Å². The Morgan fingerprint density at radius 2 is 1.95 bits per heavy atom. The molecule has 116 valence electrons. The summed E-state index contributed by atoms with van der Waals surface area (Å²) >= 11 is 2.99. The summed E-state index contributed by atoms with van der Waals surface area (Å²) in [7, 11) is 1.30. The molecule has 21 heavy (non-hydrogen) atoms. The topological polar surface area (TPSA) is 66.8 Å². The number of amides is 1. The molecule has 0 bridgehead atoms. The van der Waals surface area contributed by atoms with E-state index >= 15 is 0 Å². The predicted molar refractivity (Wildman–Crippen MR) is 78.5 cm³/mol. The van der Waals surface area contributed by atoms with E-state index in [1.54, 1.807) is 20.8 Å². The fourth-order valence-electron chi connectivity index (χ4n) is 1.65. The predicted octanol–water partition coefficient (Wildman–Crippen LogP) is 3.58. The Hall–Kier alpha value is -1.63. The SMILES string of the molecule is CN(C(=O)OC(C)(C)C)C(C(=O)O)c1ccc(Br)c(F)c1. The summed E-state index contributed by atoms with van der Waals surface area (Å²) in [4.78, 5) is 24.3. The molecule has 1 unspecified atom stereocenters. The molecule has 0 spiro atoms. The first kappa shape index (κ1) is 17.4. The normalized spacial score (nSPS) is 12.7. The number of aliphatic carboxylic acids is 1. The highest BCUT2D eigenvalue weighted by molar-refractivity contribution is 9.10. The zero-order valence-electron chi connectivity index (χ0n) is 12.2. The summed E-state index contributed by atoms with van der Waals surface area (Å²) in [5.74, 6) is -1.87. The van der Waals surface area contributed by atoms with Gasteiger partial charge in [-0.3, -0.25) is 4.90 Å². The quantitative estimate of drug-likeness (QED) is 0.893. The second kappa shape index (κ2) is 6.43. The zero-order chi connectivity index (χ0) is 16.4. The zero-order valence-corrected chi connectivity index (χ0v) is 13.8. The summed E-state index contributed by atoms with van der Waals surface area (Å²) in [5.41, 5.74) is -0.601. The molecule has 0 saturated heterocycles. The number of ether oxygens (including phenoxy) is 1. The Bertz CT molecular complexity index is 556. The Morgan fingerprint density at radius 1 is 1.38 bits per heavy atom. The molecule has 0 aliphatic heterocycles. The van der Waals surface area contributed by atoms with Gasteiger partial charge >= 0.3 is 12.1 Å². The molecule has 1 atom stereocenters. The highest BCUT2D eigenvalue weighted by Crippen LogP contribution is 2.25. The summed E-state index contributed by atoms with van der Waals surface area (Å²) < 4.78 is 18.9. The maximum absolute atomic E-state index is 13.6. The number of hydrogen-bond acceptors (Lipinski definition) is 3. The molecular weight excluding hydrogens is 345 g/mol. The maximum Gasteiger partial charge on any atom is 0.411 e. The van der Waals surface area contributed by atoms with E-state index in [0.717, 1.165) is 11.0 Å². The molecule has 5 nitrogen and oxygen atoms in total. The van der Waals surface area contributed by atoms with Gasteiger partial charge < -0.3 is 9.84 Å². The van der Waals surface area contributed by atoms with Gasteiger partial charge in [-0.15, -0.1) is 0 Å². The molecule has 1 aromatic rings. The molecule has 0 radical (unpaired) electrons. The minimum atomic E-state index is -1.33. The van der Waals surface area contributed by atoms with Gasteiger partial charge in [0.1, 0.15) is 11.4 Å².